The van der Waals surface area contributed by atoms with Gasteiger partial charge in [-0.3, -0.25) is 4.79 Å². The van der Waals surface area contributed by atoms with Crippen LogP contribution in [0.25, 0.3) is 0 Å². The third-order valence-electron chi connectivity index (χ3n) is 3.42. The maximum Gasteiger partial charge on any atom is 0.224 e. The third kappa shape index (κ3) is 4.90. The van der Waals surface area contributed by atoms with E-state index < -0.39 is 0 Å². The normalized spacial score (nSPS) is 10.3. The fourth-order valence-corrected chi connectivity index (χ4v) is 2.18. The number of hydrogen-bond donors (Lipinski definition) is 2. The molecule has 0 bridgehead atoms. The lowest BCUT2D eigenvalue weighted by Gasteiger charge is -2.07. The van der Waals surface area contributed by atoms with Crippen molar-refractivity contribution in [3.05, 3.63) is 59.7 Å². The molecular formula is C18H22N2O2. The van der Waals surface area contributed by atoms with Crippen molar-refractivity contribution in [2.75, 3.05) is 19.5 Å². The molecule has 0 aromatic heterocycles. The van der Waals surface area contributed by atoms with Crippen LogP contribution in [-0.4, -0.2) is 20.1 Å². The molecule has 2 aromatic carbocycles. The summed E-state index contributed by atoms with van der Waals surface area (Å²) in [7, 11) is 3.55. The van der Waals surface area contributed by atoms with E-state index in [4.69, 9.17) is 4.74 Å². The third-order valence-corrected chi connectivity index (χ3v) is 3.42. The van der Waals surface area contributed by atoms with Crippen LogP contribution >= 0.6 is 0 Å². The summed E-state index contributed by atoms with van der Waals surface area (Å²) in [5.74, 6) is 0.854. The molecule has 0 saturated carbocycles. The van der Waals surface area contributed by atoms with Crippen molar-refractivity contribution in [3.8, 4) is 5.75 Å². The summed E-state index contributed by atoms with van der Waals surface area (Å²) in [5.41, 5.74) is 3.15. The van der Waals surface area contributed by atoms with Crippen molar-refractivity contribution in [2.45, 2.75) is 19.4 Å². The lowest BCUT2D eigenvalue weighted by Crippen LogP contribution is -2.12. The van der Waals surface area contributed by atoms with E-state index in [2.05, 4.69) is 10.6 Å². The fourth-order valence-electron chi connectivity index (χ4n) is 2.18. The first-order valence-electron chi connectivity index (χ1n) is 7.37. The quantitative estimate of drug-likeness (QED) is 0.826. The number of carbonyl (C=O) groups excluding carboxylic acids is 1. The topological polar surface area (TPSA) is 50.4 Å². The Bertz CT molecular complexity index is 591. The first-order valence-corrected chi connectivity index (χ1v) is 7.37. The molecule has 4 nitrogen and oxygen atoms in total. The highest BCUT2D eigenvalue weighted by Gasteiger charge is 2.04. The lowest BCUT2D eigenvalue weighted by molar-refractivity contribution is -0.116. The molecule has 0 fully saturated rings. The van der Waals surface area contributed by atoms with Crippen molar-refractivity contribution in [3.63, 3.8) is 0 Å². The predicted molar refractivity (Wildman–Crippen MR) is 89.2 cm³/mol. The fraction of sp³-hybridized carbons (Fsp3) is 0.278. The van der Waals surface area contributed by atoms with Gasteiger partial charge in [0.05, 0.1) is 7.11 Å². The van der Waals surface area contributed by atoms with Gasteiger partial charge in [-0.05, 0) is 48.9 Å². The minimum Gasteiger partial charge on any atom is -0.497 e. The van der Waals surface area contributed by atoms with Gasteiger partial charge in [-0.1, -0.05) is 24.3 Å². The molecule has 2 N–H and O–H groups in total. The molecule has 0 aliphatic rings. The van der Waals surface area contributed by atoms with E-state index in [1.165, 1.54) is 5.56 Å². The molecule has 0 aliphatic carbocycles. The molecule has 2 rings (SSSR count). The minimum atomic E-state index is 0.0252. The van der Waals surface area contributed by atoms with Crippen molar-refractivity contribution in [2.24, 2.45) is 0 Å². The van der Waals surface area contributed by atoms with Crippen molar-refractivity contribution in [1.82, 2.24) is 5.32 Å². The highest BCUT2D eigenvalue weighted by molar-refractivity contribution is 5.90. The van der Waals surface area contributed by atoms with Crippen LogP contribution in [0.2, 0.25) is 0 Å². The number of anilines is 1. The Hall–Kier alpha value is -2.33. The van der Waals surface area contributed by atoms with Crippen LogP contribution in [0, 0.1) is 0 Å². The molecule has 0 heterocycles. The number of carbonyl (C=O) groups is 1. The molecule has 116 valence electrons. The SMILES string of the molecule is CNCc1ccc(NC(=O)CCc2ccc(OC)cc2)cc1. The van der Waals surface area contributed by atoms with Gasteiger partial charge in [0.25, 0.3) is 0 Å². The maximum atomic E-state index is 12.0. The van der Waals surface area contributed by atoms with E-state index in [1.807, 2.05) is 55.6 Å². The summed E-state index contributed by atoms with van der Waals surface area (Å²) in [6.45, 7) is 0.825. The standard InChI is InChI=1S/C18H22N2O2/c1-19-13-15-3-8-16(9-4-15)20-18(21)12-7-14-5-10-17(22-2)11-6-14/h3-6,8-11,19H,7,12-13H2,1-2H3,(H,20,21). The van der Waals surface area contributed by atoms with Crippen molar-refractivity contribution >= 4 is 11.6 Å². The minimum absolute atomic E-state index is 0.0252. The van der Waals surface area contributed by atoms with Gasteiger partial charge in [-0.25, -0.2) is 0 Å². The molecule has 0 saturated heterocycles. The number of ether oxygens (including phenoxy) is 1. The Labute approximate surface area is 131 Å². The zero-order valence-electron chi connectivity index (χ0n) is 13.1. The van der Waals surface area contributed by atoms with Crippen molar-refractivity contribution < 1.29 is 9.53 Å². The molecule has 1 amide bonds. The summed E-state index contributed by atoms with van der Waals surface area (Å²) in [5, 5.41) is 6.01. The smallest absolute Gasteiger partial charge is 0.224 e. The molecule has 0 atom stereocenters. The second kappa shape index (κ2) is 8.20. The van der Waals surface area contributed by atoms with Gasteiger partial charge in [0.2, 0.25) is 5.91 Å². The second-order valence-electron chi connectivity index (χ2n) is 5.12. The van der Waals surface area contributed by atoms with E-state index in [0.29, 0.717) is 12.8 Å². The first kappa shape index (κ1) is 16.0. The molecule has 0 aliphatic heterocycles. The first-order chi connectivity index (χ1) is 10.7. The summed E-state index contributed by atoms with van der Waals surface area (Å²) >= 11 is 0. The van der Waals surface area contributed by atoms with Gasteiger partial charge in [0.1, 0.15) is 5.75 Å². The lowest BCUT2D eigenvalue weighted by atomic mass is 10.1. The number of hydrogen-bond acceptors (Lipinski definition) is 3. The maximum absolute atomic E-state index is 12.0. The molecule has 0 radical (unpaired) electrons. The highest BCUT2D eigenvalue weighted by atomic mass is 16.5. The molecule has 2 aromatic rings. The van der Waals surface area contributed by atoms with Gasteiger partial charge in [-0.15, -0.1) is 0 Å². The van der Waals surface area contributed by atoms with Gasteiger partial charge >= 0.3 is 0 Å². The van der Waals surface area contributed by atoms with Crippen LogP contribution in [0.4, 0.5) is 5.69 Å². The zero-order valence-corrected chi connectivity index (χ0v) is 13.1. The van der Waals surface area contributed by atoms with Crippen LogP contribution in [-0.2, 0) is 17.8 Å². The summed E-state index contributed by atoms with van der Waals surface area (Å²) in [6, 6.07) is 15.7. The van der Waals surface area contributed by atoms with E-state index in [9.17, 15) is 4.79 Å². The van der Waals surface area contributed by atoms with E-state index in [-0.39, 0.29) is 5.91 Å². The number of nitrogens with one attached hydrogen (secondary N) is 2. The number of aryl methyl sites for hydroxylation is 1. The van der Waals surface area contributed by atoms with Crippen LogP contribution in [0.5, 0.6) is 5.75 Å². The van der Waals surface area contributed by atoms with Gasteiger partial charge in [-0.2, -0.15) is 0 Å². The Morgan fingerprint density at radius 2 is 1.64 bits per heavy atom. The number of methoxy groups -OCH3 is 1. The number of benzene rings is 2. The average Bonchev–Trinajstić information content (AvgIpc) is 2.55. The van der Waals surface area contributed by atoms with Crippen LogP contribution in [0.1, 0.15) is 17.5 Å². The predicted octanol–water partition coefficient (Wildman–Crippen LogP) is 2.99. The number of rotatable bonds is 7. The van der Waals surface area contributed by atoms with Crippen LogP contribution in [0.15, 0.2) is 48.5 Å². The van der Waals surface area contributed by atoms with E-state index in [0.717, 1.165) is 23.5 Å². The van der Waals surface area contributed by atoms with Crippen LogP contribution < -0.4 is 15.4 Å². The summed E-state index contributed by atoms with van der Waals surface area (Å²) in [6.07, 6.45) is 1.18. The molecule has 22 heavy (non-hydrogen) atoms. The number of amides is 1. The van der Waals surface area contributed by atoms with Gasteiger partial charge < -0.3 is 15.4 Å². The zero-order chi connectivity index (χ0) is 15.8. The molecule has 4 heteroatoms. The van der Waals surface area contributed by atoms with Gasteiger partial charge in [0.15, 0.2) is 0 Å². The largest absolute Gasteiger partial charge is 0.497 e. The summed E-state index contributed by atoms with van der Waals surface area (Å²) in [4.78, 5) is 12.0. The monoisotopic (exact) mass is 298 g/mol. The molecule has 0 spiro atoms. The highest BCUT2D eigenvalue weighted by Crippen LogP contribution is 2.14. The Morgan fingerprint density at radius 1 is 1.00 bits per heavy atom. The Morgan fingerprint density at radius 3 is 2.23 bits per heavy atom. The Balaban J connectivity index is 1.81. The van der Waals surface area contributed by atoms with Crippen molar-refractivity contribution in [1.29, 1.82) is 0 Å². The van der Waals surface area contributed by atoms with E-state index >= 15 is 0 Å². The van der Waals surface area contributed by atoms with E-state index in [1.54, 1.807) is 7.11 Å². The second-order valence-corrected chi connectivity index (χ2v) is 5.12. The molecular weight excluding hydrogens is 276 g/mol. The Kier molecular flexibility index (Phi) is 5.98. The average molecular weight is 298 g/mol. The van der Waals surface area contributed by atoms with Crippen LogP contribution in [0.3, 0.4) is 0 Å². The molecule has 0 unspecified atom stereocenters. The summed E-state index contributed by atoms with van der Waals surface area (Å²) < 4.78 is 5.12. The van der Waals surface area contributed by atoms with Gasteiger partial charge in [0, 0.05) is 18.7 Å².